The Labute approximate surface area is 491 Å². The molecule has 0 aliphatic heterocycles. The van der Waals surface area contributed by atoms with Crippen molar-refractivity contribution in [2.45, 2.75) is 157 Å². The minimum atomic E-state index is -1.07. The van der Waals surface area contributed by atoms with Crippen LogP contribution in [0.5, 0.6) is 0 Å². The molecule has 3 saturated carbocycles. The molecular weight excluding hydrogens is 1140 g/mol. The molecule has 434 valence electrons. The molecule has 3 aromatic heterocycles. The second kappa shape index (κ2) is 29.1. The quantitative estimate of drug-likeness (QED) is 0.107. The summed E-state index contributed by atoms with van der Waals surface area (Å²) in [5.74, 6) is -0.559. The van der Waals surface area contributed by atoms with Crippen LogP contribution in [0.3, 0.4) is 0 Å². The Morgan fingerprint density at radius 1 is 0.500 bits per heavy atom. The van der Waals surface area contributed by atoms with Crippen molar-refractivity contribution < 1.29 is 52.1 Å². The lowest BCUT2D eigenvalue weighted by molar-refractivity contribution is -0.124. The number of carbonyl (C=O) groups excluding carboxylic acids is 5. The van der Waals surface area contributed by atoms with Crippen molar-refractivity contribution in [2.75, 3.05) is 28.9 Å². The topological polar surface area (TPSA) is 151 Å². The van der Waals surface area contributed by atoms with Gasteiger partial charge in [-0.1, -0.05) is 45.0 Å². The van der Waals surface area contributed by atoms with Gasteiger partial charge in [0.2, 0.25) is 17.7 Å². The lowest BCUT2D eigenvalue weighted by Crippen LogP contribution is -2.42. The highest BCUT2D eigenvalue weighted by Crippen LogP contribution is 2.43. The monoisotopic (exact) mass is 1220 g/mol. The number of methoxy groups -OCH3 is 2. The Kier molecular flexibility index (Phi) is 23.2. The summed E-state index contributed by atoms with van der Waals surface area (Å²) in [7, 11) is 2.70. The number of carbonyl (C=O) groups is 6. The molecule has 12 nitrogen and oxygen atoms in total. The maximum Gasteiger partial charge on any atom is 0.350 e. The van der Waals surface area contributed by atoms with Gasteiger partial charge in [-0.15, -0.1) is 34.0 Å². The molecule has 8 rings (SSSR count). The van der Waals surface area contributed by atoms with Crippen LogP contribution in [-0.2, 0) is 23.9 Å². The first kappa shape index (κ1) is 63.9. The number of hydrogen-bond donors (Lipinski definition) is 1. The number of carboxylic acids is 1. The second-order valence-corrected chi connectivity index (χ2v) is 27.0. The van der Waals surface area contributed by atoms with E-state index in [1.807, 2.05) is 53.7 Å². The summed E-state index contributed by atoms with van der Waals surface area (Å²) in [4.78, 5) is 83.7. The van der Waals surface area contributed by atoms with Crippen LogP contribution < -0.4 is 14.7 Å². The van der Waals surface area contributed by atoms with E-state index in [1.54, 1.807) is 45.0 Å². The second-order valence-electron chi connectivity index (χ2n) is 22.5. The largest absolute Gasteiger partial charge is 0.477 e. The highest BCUT2D eigenvalue weighted by molar-refractivity contribution is 9.11. The molecule has 3 aliphatic rings. The highest BCUT2D eigenvalue weighted by atomic mass is 79.9. The van der Waals surface area contributed by atoms with E-state index in [4.69, 9.17) is 9.47 Å². The molecule has 0 bridgehead atoms. The Morgan fingerprint density at radius 2 is 0.812 bits per heavy atom. The smallest absolute Gasteiger partial charge is 0.350 e. The van der Waals surface area contributed by atoms with Gasteiger partial charge in [0, 0.05) is 45.6 Å². The number of nitrogens with zero attached hydrogens (tertiary/aromatic N) is 3. The first-order valence-corrected chi connectivity index (χ1v) is 31.2. The van der Waals surface area contributed by atoms with Crippen molar-refractivity contribution in [1.82, 2.24) is 0 Å². The Hall–Kier alpha value is -5.30. The average Bonchev–Trinajstić information content (AvgIpc) is 4.28. The van der Waals surface area contributed by atoms with Crippen LogP contribution in [0, 0.1) is 47.1 Å². The predicted octanol–water partition coefficient (Wildman–Crippen LogP) is 16.6. The molecule has 3 heterocycles. The van der Waals surface area contributed by atoms with Gasteiger partial charge in [0.05, 0.1) is 35.1 Å². The normalized spacial score (nSPS) is 20.0. The molecule has 0 atom stereocenters. The molecule has 1 N–H and O–H groups in total. The third-order valence-corrected chi connectivity index (χ3v) is 19.3. The summed E-state index contributed by atoms with van der Waals surface area (Å²) in [6, 6.07) is 17.4. The Balaban J connectivity index is 0.000000195. The van der Waals surface area contributed by atoms with Crippen LogP contribution in [0.2, 0.25) is 0 Å². The molecule has 5 aromatic rings. The summed E-state index contributed by atoms with van der Waals surface area (Å²) in [6.07, 6.45) is 11.6. The number of rotatable bonds is 14. The fourth-order valence-electron chi connectivity index (χ4n) is 10.9. The third kappa shape index (κ3) is 16.0. The number of halogens is 3. The molecule has 3 fully saturated rings. The van der Waals surface area contributed by atoms with Gasteiger partial charge in [0.25, 0.3) is 0 Å². The maximum atomic E-state index is 13.7. The molecule has 2 aromatic carbocycles. The van der Waals surface area contributed by atoms with Crippen molar-refractivity contribution >= 4 is 103 Å². The lowest BCUT2D eigenvalue weighted by Gasteiger charge is -2.33. The van der Waals surface area contributed by atoms with Crippen molar-refractivity contribution in [1.29, 1.82) is 0 Å². The molecular formula is C62H78BrF2N3O9S3. The predicted molar refractivity (Wildman–Crippen MR) is 322 cm³/mol. The van der Waals surface area contributed by atoms with Crippen LogP contribution in [0.25, 0.3) is 20.9 Å². The number of thiophene rings is 3. The van der Waals surface area contributed by atoms with E-state index in [2.05, 4.69) is 36.7 Å². The SMILES string of the molecule is CC1CCC(C(=O)N(c2cc(-c3cccc(F)c3)sc2C(=O)O)C(C)C)CC1.COC(=O)c1sc(-c2cccc(F)c2)cc1N(C(=O)C1CCC(C)CC1)C(C)C.COC(=O)c1sc(Br)cc1N(C(=O)C1CCC(C)CC1)C(C)C. The zero-order chi connectivity index (χ0) is 58.7. The van der Waals surface area contributed by atoms with Crippen molar-refractivity contribution in [3.05, 3.63) is 96.8 Å². The molecule has 0 radical (unpaired) electrons. The van der Waals surface area contributed by atoms with Crippen LogP contribution in [0.1, 0.15) is 168 Å². The lowest BCUT2D eigenvalue weighted by atomic mass is 9.82. The zero-order valence-electron chi connectivity index (χ0n) is 47.9. The van der Waals surface area contributed by atoms with E-state index in [0.717, 1.165) is 97.1 Å². The third-order valence-electron chi connectivity index (χ3n) is 15.4. The molecule has 0 saturated heterocycles. The zero-order valence-corrected chi connectivity index (χ0v) is 52.0. The number of benzene rings is 2. The molecule has 80 heavy (non-hydrogen) atoms. The minimum absolute atomic E-state index is 0.00649. The number of ether oxygens (including phenoxy) is 2. The number of esters is 2. The first-order chi connectivity index (χ1) is 37.9. The van der Waals surface area contributed by atoms with Crippen molar-refractivity contribution in [2.24, 2.45) is 35.5 Å². The molecule has 0 unspecified atom stereocenters. The van der Waals surface area contributed by atoms with E-state index in [1.165, 1.54) is 61.2 Å². The van der Waals surface area contributed by atoms with E-state index >= 15 is 0 Å². The average molecular weight is 1220 g/mol. The van der Waals surface area contributed by atoms with Crippen LogP contribution in [0.4, 0.5) is 25.8 Å². The van der Waals surface area contributed by atoms with Gasteiger partial charge in [0.15, 0.2) is 0 Å². The fraction of sp³-hybridized carbons (Fsp3) is 0.516. The first-order valence-electron chi connectivity index (χ1n) is 27.9. The minimum Gasteiger partial charge on any atom is -0.477 e. The number of aromatic carboxylic acids is 1. The summed E-state index contributed by atoms with van der Waals surface area (Å²) in [5, 5.41) is 9.74. The van der Waals surface area contributed by atoms with Crippen molar-refractivity contribution in [3.63, 3.8) is 0 Å². The number of anilines is 3. The van der Waals surface area contributed by atoms with Crippen LogP contribution in [0.15, 0.2) is 70.5 Å². The van der Waals surface area contributed by atoms with Gasteiger partial charge in [0.1, 0.15) is 26.3 Å². The van der Waals surface area contributed by atoms with Crippen LogP contribution >= 0.6 is 49.9 Å². The van der Waals surface area contributed by atoms with E-state index in [-0.39, 0.29) is 70.1 Å². The standard InChI is InChI=1S/C23H28FNO3S.C22H26FNO3S.C17H24BrNO3S/c1-14(2)25(22(26)16-10-8-15(3)9-11-16)19-13-20(29-21(19)23(27)28-4)17-6-5-7-18(24)12-17;1-13(2)24(21(25)15-9-7-14(3)8-10-15)18-12-19(28-20(18)22(26)27)16-5-4-6-17(23)11-16;1-10(2)19(16(20)12-7-5-11(3)6-8-12)13-9-14(18)23-15(13)17(21)22-4/h5-7,12-16H,8-11H2,1-4H3;4-6,11-15H,7-10H2,1-3H3,(H,26,27);9-12H,5-8H2,1-4H3. The summed E-state index contributed by atoms with van der Waals surface area (Å²) in [6.45, 7) is 18.3. The van der Waals surface area contributed by atoms with Gasteiger partial charge < -0.3 is 29.3 Å². The number of carboxylic acid groups (broad SMARTS) is 1. The number of amides is 3. The molecule has 18 heteroatoms. The Morgan fingerprint density at radius 3 is 1.12 bits per heavy atom. The molecule has 3 amide bonds. The number of hydrogen-bond acceptors (Lipinski definition) is 11. The summed E-state index contributed by atoms with van der Waals surface area (Å²) in [5.41, 5.74) is 2.91. The Bertz CT molecular complexity index is 2950. The van der Waals surface area contributed by atoms with Gasteiger partial charge >= 0.3 is 17.9 Å². The van der Waals surface area contributed by atoms with E-state index in [9.17, 15) is 42.7 Å². The maximum absolute atomic E-state index is 13.7. The summed E-state index contributed by atoms with van der Waals surface area (Å²) < 4.78 is 38.0. The van der Waals surface area contributed by atoms with E-state index < -0.39 is 17.9 Å². The van der Waals surface area contributed by atoms with E-state index in [0.29, 0.717) is 60.6 Å². The molecule has 0 spiro atoms. The van der Waals surface area contributed by atoms with Gasteiger partial charge in [-0.25, -0.2) is 23.2 Å². The van der Waals surface area contributed by atoms with Gasteiger partial charge in [-0.05, 0) is 206 Å². The highest BCUT2D eigenvalue weighted by Gasteiger charge is 2.37. The summed E-state index contributed by atoms with van der Waals surface area (Å²) >= 11 is 7.04. The molecule has 3 aliphatic carbocycles. The van der Waals surface area contributed by atoms with Crippen molar-refractivity contribution in [3.8, 4) is 20.9 Å². The fourth-order valence-corrected chi connectivity index (χ4v) is 14.5. The van der Waals surface area contributed by atoms with Crippen LogP contribution in [-0.4, -0.2) is 73.1 Å². The van der Waals surface area contributed by atoms with Gasteiger partial charge in [-0.2, -0.15) is 0 Å². The van der Waals surface area contributed by atoms with Gasteiger partial charge in [-0.3, -0.25) is 14.4 Å².